The van der Waals surface area contributed by atoms with Crippen molar-refractivity contribution in [2.24, 2.45) is 0 Å². The van der Waals surface area contributed by atoms with Crippen LogP contribution in [-0.2, 0) is 14.3 Å². The number of carbonyl (C=O) groups is 2. The number of nitrogens with zero attached hydrogens (tertiary/aromatic N) is 3. The van der Waals surface area contributed by atoms with Crippen molar-refractivity contribution in [3.63, 3.8) is 0 Å². The Labute approximate surface area is 114 Å². The molecule has 6 heteroatoms. The van der Waals surface area contributed by atoms with Gasteiger partial charge >= 0.3 is 0 Å². The minimum Gasteiger partial charge on any atom is -0.378 e. The third-order valence-electron chi connectivity index (χ3n) is 3.99. The molecule has 2 rings (SSSR count). The molecule has 0 aromatic carbocycles. The monoisotopic (exact) mass is 269 g/mol. The van der Waals surface area contributed by atoms with E-state index in [4.69, 9.17) is 4.74 Å². The van der Waals surface area contributed by atoms with Crippen LogP contribution in [0.1, 0.15) is 13.8 Å². The quantitative estimate of drug-likeness (QED) is 0.671. The summed E-state index contributed by atoms with van der Waals surface area (Å²) in [6, 6.07) is -0.104. The van der Waals surface area contributed by atoms with Crippen LogP contribution in [0.2, 0.25) is 0 Å². The maximum atomic E-state index is 12.4. The fraction of sp³-hybridized carbons (Fsp3) is 0.846. The number of amides is 2. The van der Waals surface area contributed by atoms with E-state index in [0.29, 0.717) is 26.3 Å². The normalized spacial score (nSPS) is 23.3. The molecule has 0 aromatic heterocycles. The van der Waals surface area contributed by atoms with E-state index < -0.39 is 0 Å². The lowest BCUT2D eigenvalue weighted by molar-refractivity contribution is -0.141. The Kier molecular flexibility index (Phi) is 4.76. The smallest absolute Gasteiger partial charge is 0.239 e. The second-order valence-electron chi connectivity index (χ2n) is 5.16. The van der Waals surface area contributed by atoms with Crippen LogP contribution in [0.4, 0.5) is 0 Å². The molecule has 0 aromatic rings. The van der Waals surface area contributed by atoms with Crippen molar-refractivity contribution in [2.75, 3.05) is 52.5 Å². The predicted octanol–water partition coefficient (Wildman–Crippen LogP) is -0.602. The first-order valence-corrected chi connectivity index (χ1v) is 6.95. The molecule has 0 N–H and O–H groups in total. The first-order valence-electron chi connectivity index (χ1n) is 6.95. The summed E-state index contributed by atoms with van der Waals surface area (Å²) in [5.74, 6) is 0.298. The van der Waals surface area contributed by atoms with Gasteiger partial charge in [0.2, 0.25) is 11.8 Å². The van der Waals surface area contributed by atoms with E-state index in [1.807, 2.05) is 16.7 Å². The topological polar surface area (TPSA) is 53.1 Å². The second kappa shape index (κ2) is 6.34. The minimum absolute atomic E-state index is 0.104. The summed E-state index contributed by atoms with van der Waals surface area (Å²) in [5.41, 5.74) is 0. The average molecular weight is 269 g/mol. The molecule has 0 saturated carbocycles. The van der Waals surface area contributed by atoms with Crippen molar-refractivity contribution < 1.29 is 14.3 Å². The van der Waals surface area contributed by atoms with Crippen molar-refractivity contribution in [3.05, 3.63) is 0 Å². The van der Waals surface area contributed by atoms with Crippen LogP contribution < -0.4 is 0 Å². The van der Waals surface area contributed by atoms with Crippen LogP contribution in [0.5, 0.6) is 0 Å². The van der Waals surface area contributed by atoms with Gasteiger partial charge in [0, 0.05) is 46.2 Å². The molecule has 1 unspecified atom stereocenters. The summed E-state index contributed by atoms with van der Waals surface area (Å²) in [6.45, 7) is 9.19. The summed E-state index contributed by atoms with van der Waals surface area (Å²) in [6.07, 6.45) is 0. The molecular formula is C13H23N3O3. The molecule has 0 radical (unpaired) electrons. The Bertz CT molecular complexity index is 334. The van der Waals surface area contributed by atoms with Crippen molar-refractivity contribution in [1.82, 2.24) is 14.7 Å². The zero-order valence-electron chi connectivity index (χ0n) is 11.8. The van der Waals surface area contributed by atoms with Gasteiger partial charge in [-0.05, 0) is 6.92 Å². The van der Waals surface area contributed by atoms with Gasteiger partial charge in [-0.2, -0.15) is 0 Å². The highest BCUT2D eigenvalue weighted by atomic mass is 16.5. The van der Waals surface area contributed by atoms with Gasteiger partial charge in [-0.15, -0.1) is 0 Å². The van der Waals surface area contributed by atoms with Crippen LogP contribution in [0, 0.1) is 0 Å². The van der Waals surface area contributed by atoms with Crippen molar-refractivity contribution in [2.45, 2.75) is 19.9 Å². The third kappa shape index (κ3) is 3.45. The summed E-state index contributed by atoms with van der Waals surface area (Å²) < 4.78 is 5.26. The minimum atomic E-state index is -0.104. The van der Waals surface area contributed by atoms with Crippen LogP contribution >= 0.6 is 0 Å². The molecule has 0 spiro atoms. The Morgan fingerprint density at radius 1 is 0.947 bits per heavy atom. The van der Waals surface area contributed by atoms with E-state index in [2.05, 4.69) is 4.90 Å². The molecule has 2 amide bonds. The number of rotatable bonds is 2. The molecule has 2 heterocycles. The van der Waals surface area contributed by atoms with Crippen LogP contribution in [0.3, 0.4) is 0 Å². The number of hydrogen-bond donors (Lipinski definition) is 0. The fourth-order valence-corrected chi connectivity index (χ4v) is 2.63. The van der Waals surface area contributed by atoms with Gasteiger partial charge in [-0.1, -0.05) is 0 Å². The fourth-order valence-electron chi connectivity index (χ4n) is 2.63. The van der Waals surface area contributed by atoms with Gasteiger partial charge < -0.3 is 14.5 Å². The molecule has 2 saturated heterocycles. The summed E-state index contributed by atoms with van der Waals surface area (Å²) in [5, 5.41) is 0. The molecule has 19 heavy (non-hydrogen) atoms. The summed E-state index contributed by atoms with van der Waals surface area (Å²) >= 11 is 0. The Morgan fingerprint density at radius 2 is 1.53 bits per heavy atom. The van der Waals surface area contributed by atoms with Gasteiger partial charge in [0.1, 0.15) is 0 Å². The number of carbonyl (C=O) groups excluding carboxylic acids is 2. The Balaban J connectivity index is 1.84. The molecular weight excluding hydrogens is 246 g/mol. The third-order valence-corrected chi connectivity index (χ3v) is 3.99. The maximum Gasteiger partial charge on any atom is 0.239 e. The molecule has 2 aliphatic heterocycles. The highest BCUT2D eigenvalue weighted by Gasteiger charge is 2.29. The van der Waals surface area contributed by atoms with E-state index in [1.54, 1.807) is 6.92 Å². The summed E-state index contributed by atoms with van der Waals surface area (Å²) in [4.78, 5) is 29.5. The maximum absolute atomic E-state index is 12.4. The summed E-state index contributed by atoms with van der Waals surface area (Å²) in [7, 11) is 0. The van der Waals surface area contributed by atoms with Crippen molar-refractivity contribution >= 4 is 11.8 Å². The number of hydrogen-bond acceptors (Lipinski definition) is 4. The number of ether oxygens (including phenoxy) is 1. The van der Waals surface area contributed by atoms with Gasteiger partial charge in [0.05, 0.1) is 19.3 Å². The van der Waals surface area contributed by atoms with E-state index in [9.17, 15) is 9.59 Å². The molecule has 2 aliphatic rings. The lowest BCUT2D eigenvalue weighted by Crippen LogP contribution is -2.56. The van der Waals surface area contributed by atoms with Gasteiger partial charge in [-0.25, -0.2) is 0 Å². The van der Waals surface area contributed by atoms with Gasteiger partial charge in [0.25, 0.3) is 0 Å². The van der Waals surface area contributed by atoms with Gasteiger partial charge in [-0.3, -0.25) is 14.5 Å². The van der Waals surface area contributed by atoms with E-state index in [0.717, 1.165) is 26.2 Å². The average Bonchev–Trinajstić information content (AvgIpc) is 2.46. The zero-order chi connectivity index (χ0) is 13.8. The molecule has 2 fully saturated rings. The van der Waals surface area contributed by atoms with Crippen LogP contribution in [0.15, 0.2) is 0 Å². The van der Waals surface area contributed by atoms with Gasteiger partial charge in [0.15, 0.2) is 0 Å². The molecule has 0 aliphatic carbocycles. The number of piperazine rings is 1. The van der Waals surface area contributed by atoms with E-state index in [1.165, 1.54) is 0 Å². The van der Waals surface area contributed by atoms with E-state index >= 15 is 0 Å². The SMILES string of the molecule is CC(=O)N1CCN(C(C)C(=O)N2CCOCC2)CC1. The first kappa shape index (κ1) is 14.3. The lowest BCUT2D eigenvalue weighted by atomic mass is 10.2. The molecule has 6 nitrogen and oxygen atoms in total. The lowest BCUT2D eigenvalue weighted by Gasteiger charge is -2.39. The Hall–Kier alpha value is -1.14. The molecule has 0 bridgehead atoms. The zero-order valence-corrected chi connectivity index (χ0v) is 11.8. The largest absolute Gasteiger partial charge is 0.378 e. The van der Waals surface area contributed by atoms with E-state index in [-0.39, 0.29) is 17.9 Å². The second-order valence-corrected chi connectivity index (χ2v) is 5.16. The standard InChI is InChI=1S/C13H23N3O3/c1-11(13(18)16-7-9-19-10-8-16)14-3-5-15(6-4-14)12(2)17/h11H,3-10H2,1-2H3. The highest BCUT2D eigenvalue weighted by molar-refractivity contribution is 5.81. The predicted molar refractivity (Wildman–Crippen MR) is 70.7 cm³/mol. The van der Waals surface area contributed by atoms with Crippen molar-refractivity contribution in [1.29, 1.82) is 0 Å². The van der Waals surface area contributed by atoms with Crippen molar-refractivity contribution in [3.8, 4) is 0 Å². The first-order chi connectivity index (χ1) is 9.09. The molecule has 1 atom stereocenters. The van der Waals surface area contributed by atoms with Crippen LogP contribution in [-0.4, -0.2) is 85.0 Å². The number of morpholine rings is 1. The highest BCUT2D eigenvalue weighted by Crippen LogP contribution is 2.10. The van der Waals surface area contributed by atoms with Crippen LogP contribution in [0.25, 0.3) is 0 Å². The Morgan fingerprint density at radius 3 is 2.05 bits per heavy atom. The molecule has 108 valence electrons.